The fraction of sp³-hybridized carbons (Fsp3) is 0.160. The van der Waals surface area contributed by atoms with Crippen molar-refractivity contribution in [2.75, 3.05) is 32.6 Å². The van der Waals surface area contributed by atoms with E-state index in [0.717, 1.165) is 5.56 Å². The van der Waals surface area contributed by atoms with Gasteiger partial charge < -0.3 is 29.8 Å². The maximum atomic E-state index is 12.2. The zero-order valence-electron chi connectivity index (χ0n) is 18.8. The van der Waals surface area contributed by atoms with Crippen LogP contribution in [0.25, 0.3) is 6.08 Å². The lowest BCUT2D eigenvalue weighted by Crippen LogP contribution is -2.34. The Balaban J connectivity index is 1.45. The molecule has 0 atom stereocenters. The van der Waals surface area contributed by atoms with Crippen molar-refractivity contribution in [2.24, 2.45) is 0 Å². The van der Waals surface area contributed by atoms with Crippen molar-refractivity contribution in [3.05, 3.63) is 83.8 Å². The molecule has 0 unspecified atom stereocenters. The number of carbonyl (C=O) groups excluding carboxylic acids is 3. The van der Waals surface area contributed by atoms with Crippen LogP contribution in [0.2, 0.25) is 0 Å². The molecule has 3 amide bonds. The summed E-state index contributed by atoms with van der Waals surface area (Å²) in [6.45, 7) is 0.510. The number of benzene rings is 2. The molecular weight excluding hydrogens is 438 g/mol. The van der Waals surface area contributed by atoms with Gasteiger partial charge in [-0.15, -0.1) is 0 Å². The summed E-state index contributed by atoms with van der Waals surface area (Å²) in [6, 6.07) is 15.0. The average molecular weight is 463 g/mol. The van der Waals surface area contributed by atoms with Gasteiger partial charge in [0.15, 0.2) is 17.3 Å². The van der Waals surface area contributed by atoms with E-state index >= 15 is 0 Å². The minimum atomic E-state index is -0.348. The van der Waals surface area contributed by atoms with Crippen LogP contribution in [0.4, 0.5) is 5.69 Å². The quantitative estimate of drug-likeness (QED) is 0.314. The Labute approximate surface area is 196 Å². The summed E-state index contributed by atoms with van der Waals surface area (Å²) in [6.07, 6.45) is 4.47. The van der Waals surface area contributed by atoms with E-state index in [-0.39, 0.29) is 36.6 Å². The molecule has 9 heteroatoms. The zero-order chi connectivity index (χ0) is 24.3. The van der Waals surface area contributed by atoms with Gasteiger partial charge >= 0.3 is 0 Å². The van der Waals surface area contributed by atoms with E-state index < -0.39 is 0 Å². The first-order valence-electron chi connectivity index (χ1n) is 10.4. The van der Waals surface area contributed by atoms with Crippen LogP contribution in [0.5, 0.6) is 11.5 Å². The number of amides is 3. The second kappa shape index (κ2) is 11.9. The molecule has 0 aliphatic rings. The molecular formula is C25H25N3O6. The molecule has 1 aromatic heterocycles. The standard InChI is InChI=1S/C25H25N3O6/c1-32-20-11-5-17(16-22(20)33-2)6-12-23(29)28-19-9-7-18(8-10-19)24(30)26-13-14-27-25(31)21-4-3-15-34-21/h3-12,15-16H,13-14H2,1-2H3,(H,26,30)(H,27,31)(H,28,29)/b12-6+. The van der Waals surface area contributed by atoms with Crippen LogP contribution in [0, 0.1) is 0 Å². The third-order valence-corrected chi connectivity index (χ3v) is 4.69. The van der Waals surface area contributed by atoms with Crippen molar-refractivity contribution < 1.29 is 28.3 Å². The Morgan fingerprint density at radius 2 is 1.59 bits per heavy atom. The fourth-order valence-electron chi connectivity index (χ4n) is 2.97. The molecule has 0 bridgehead atoms. The van der Waals surface area contributed by atoms with Crippen LogP contribution in [-0.4, -0.2) is 45.0 Å². The molecule has 3 N–H and O–H groups in total. The monoisotopic (exact) mass is 463 g/mol. The third-order valence-electron chi connectivity index (χ3n) is 4.69. The molecule has 3 aromatic rings. The summed E-state index contributed by atoms with van der Waals surface area (Å²) in [5.74, 6) is 0.422. The van der Waals surface area contributed by atoms with Gasteiger partial charge in [0.05, 0.1) is 20.5 Å². The molecule has 9 nitrogen and oxygen atoms in total. The SMILES string of the molecule is COc1ccc(/C=C/C(=O)Nc2ccc(C(=O)NCCNC(=O)c3ccco3)cc2)cc1OC. The normalized spacial score (nSPS) is 10.5. The summed E-state index contributed by atoms with van der Waals surface area (Å²) in [7, 11) is 3.10. The summed E-state index contributed by atoms with van der Waals surface area (Å²) in [4.78, 5) is 36.2. The molecule has 0 aliphatic heterocycles. The number of hydrogen-bond acceptors (Lipinski definition) is 6. The van der Waals surface area contributed by atoms with Gasteiger partial charge in [-0.05, 0) is 60.2 Å². The van der Waals surface area contributed by atoms with Crippen LogP contribution in [0.15, 0.2) is 71.4 Å². The molecule has 0 saturated carbocycles. The smallest absolute Gasteiger partial charge is 0.287 e. The Morgan fingerprint density at radius 1 is 0.882 bits per heavy atom. The fourth-order valence-corrected chi connectivity index (χ4v) is 2.97. The topological polar surface area (TPSA) is 119 Å². The highest BCUT2D eigenvalue weighted by Crippen LogP contribution is 2.28. The van der Waals surface area contributed by atoms with Gasteiger partial charge in [0, 0.05) is 30.4 Å². The van der Waals surface area contributed by atoms with Gasteiger partial charge in [0.25, 0.3) is 11.8 Å². The first-order valence-corrected chi connectivity index (χ1v) is 10.4. The van der Waals surface area contributed by atoms with E-state index in [4.69, 9.17) is 13.9 Å². The third kappa shape index (κ3) is 6.73. The number of rotatable bonds is 10. The molecule has 3 rings (SSSR count). The first-order chi connectivity index (χ1) is 16.5. The van der Waals surface area contributed by atoms with Gasteiger partial charge in [-0.1, -0.05) is 6.07 Å². The molecule has 34 heavy (non-hydrogen) atoms. The van der Waals surface area contributed by atoms with Crippen molar-refractivity contribution in [2.45, 2.75) is 0 Å². The van der Waals surface area contributed by atoms with Gasteiger partial charge in [0.1, 0.15) is 0 Å². The van der Waals surface area contributed by atoms with Crippen molar-refractivity contribution >= 4 is 29.5 Å². The Morgan fingerprint density at radius 3 is 2.24 bits per heavy atom. The average Bonchev–Trinajstić information content (AvgIpc) is 3.40. The maximum Gasteiger partial charge on any atom is 0.287 e. The predicted octanol–water partition coefficient (Wildman–Crippen LogP) is 3.11. The van der Waals surface area contributed by atoms with Crippen LogP contribution in [-0.2, 0) is 4.79 Å². The van der Waals surface area contributed by atoms with E-state index in [1.165, 1.54) is 12.3 Å². The highest BCUT2D eigenvalue weighted by Gasteiger charge is 2.09. The molecule has 0 fully saturated rings. The number of anilines is 1. The number of ether oxygens (including phenoxy) is 2. The van der Waals surface area contributed by atoms with Crippen molar-refractivity contribution in [1.82, 2.24) is 10.6 Å². The van der Waals surface area contributed by atoms with Crippen LogP contribution >= 0.6 is 0 Å². The number of methoxy groups -OCH3 is 2. The van der Waals surface area contributed by atoms with E-state index in [1.807, 2.05) is 0 Å². The number of carbonyl (C=O) groups is 3. The number of furan rings is 1. The van der Waals surface area contributed by atoms with Gasteiger partial charge in [-0.2, -0.15) is 0 Å². The van der Waals surface area contributed by atoms with Crippen LogP contribution in [0.3, 0.4) is 0 Å². The van der Waals surface area contributed by atoms with E-state index in [1.54, 1.807) is 74.9 Å². The highest BCUT2D eigenvalue weighted by atomic mass is 16.5. The van der Waals surface area contributed by atoms with E-state index in [2.05, 4.69) is 16.0 Å². The first kappa shape index (κ1) is 24.1. The van der Waals surface area contributed by atoms with Crippen molar-refractivity contribution in [3.63, 3.8) is 0 Å². The lowest BCUT2D eigenvalue weighted by Gasteiger charge is -2.08. The molecule has 176 valence electrons. The lowest BCUT2D eigenvalue weighted by atomic mass is 10.1. The van der Waals surface area contributed by atoms with E-state index in [0.29, 0.717) is 22.7 Å². The summed E-state index contributed by atoms with van der Waals surface area (Å²) in [5, 5.41) is 8.10. The molecule has 0 radical (unpaired) electrons. The minimum absolute atomic E-state index is 0.211. The van der Waals surface area contributed by atoms with Crippen molar-refractivity contribution in [1.29, 1.82) is 0 Å². The molecule has 2 aromatic carbocycles. The van der Waals surface area contributed by atoms with Crippen LogP contribution in [0.1, 0.15) is 26.5 Å². The summed E-state index contributed by atoms with van der Waals surface area (Å²) < 4.78 is 15.4. The summed E-state index contributed by atoms with van der Waals surface area (Å²) >= 11 is 0. The number of hydrogen-bond donors (Lipinski definition) is 3. The Hall–Kier alpha value is -4.53. The van der Waals surface area contributed by atoms with Crippen molar-refractivity contribution in [3.8, 4) is 11.5 Å². The van der Waals surface area contributed by atoms with Gasteiger partial charge in [-0.3, -0.25) is 14.4 Å². The second-order valence-corrected chi connectivity index (χ2v) is 7.00. The number of nitrogens with one attached hydrogen (secondary N) is 3. The predicted molar refractivity (Wildman–Crippen MR) is 127 cm³/mol. The summed E-state index contributed by atoms with van der Waals surface area (Å²) in [5.41, 5.74) is 1.75. The maximum absolute atomic E-state index is 12.2. The largest absolute Gasteiger partial charge is 0.493 e. The van der Waals surface area contributed by atoms with Crippen LogP contribution < -0.4 is 25.4 Å². The highest BCUT2D eigenvalue weighted by molar-refractivity contribution is 6.02. The Bertz CT molecular complexity index is 1150. The van der Waals surface area contributed by atoms with E-state index in [9.17, 15) is 14.4 Å². The molecule has 0 saturated heterocycles. The zero-order valence-corrected chi connectivity index (χ0v) is 18.8. The second-order valence-electron chi connectivity index (χ2n) is 7.00. The Kier molecular flexibility index (Phi) is 8.45. The minimum Gasteiger partial charge on any atom is -0.493 e. The molecule has 1 heterocycles. The van der Waals surface area contributed by atoms with Gasteiger partial charge in [-0.25, -0.2) is 0 Å². The molecule has 0 aliphatic carbocycles. The molecule has 0 spiro atoms. The lowest BCUT2D eigenvalue weighted by molar-refractivity contribution is -0.111. The van der Waals surface area contributed by atoms with Gasteiger partial charge in [0.2, 0.25) is 5.91 Å².